The molecule has 0 saturated carbocycles. The molecule has 4 heteroatoms. The van der Waals surface area contributed by atoms with E-state index in [-0.39, 0.29) is 11.8 Å². The molecule has 4 nitrogen and oxygen atoms in total. The van der Waals surface area contributed by atoms with Crippen LogP contribution in [0.3, 0.4) is 0 Å². The lowest BCUT2D eigenvalue weighted by Crippen LogP contribution is -2.30. The van der Waals surface area contributed by atoms with Crippen LogP contribution in [-0.4, -0.2) is 19.0 Å². The van der Waals surface area contributed by atoms with Crippen LogP contribution < -0.4 is 5.32 Å². The summed E-state index contributed by atoms with van der Waals surface area (Å²) in [5.74, 6) is 0.170. The van der Waals surface area contributed by atoms with Gasteiger partial charge < -0.3 is 5.32 Å². The van der Waals surface area contributed by atoms with Crippen molar-refractivity contribution in [2.24, 2.45) is 16.5 Å². The smallest absolute Gasteiger partial charge is 0.222 e. The number of hydrogen-bond acceptors (Lipinski definition) is 3. The zero-order chi connectivity index (χ0) is 14.7. The third-order valence-electron chi connectivity index (χ3n) is 3.24. The Morgan fingerprint density at radius 1 is 1.16 bits per heavy atom. The molecular formula is C15H30N2O2. The minimum absolute atomic E-state index is 0.0364. The summed E-state index contributed by atoms with van der Waals surface area (Å²) in [5.41, 5.74) is 0.379. The second-order valence-corrected chi connectivity index (χ2v) is 6.56. The third-order valence-corrected chi connectivity index (χ3v) is 3.24. The minimum Gasteiger partial charge on any atom is -0.356 e. The Balaban J connectivity index is 3.54. The number of nitrogens with zero attached hydrogens (tertiary/aromatic N) is 1. The van der Waals surface area contributed by atoms with Crippen LogP contribution in [0.25, 0.3) is 0 Å². The molecule has 19 heavy (non-hydrogen) atoms. The van der Waals surface area contributed by atoms with Gasteiger partial charge in [-0.3, -0.25) is 4.79 Å². The molecule has 0 unspecified atom stereocenters. The Kier molecular flexibility index (Phi) is 9.44. The van der Waals surface area contributed by atoms with Gasteiger partial charge in [0.15, 0.2) is 0 Å². The molecule has 1 amide bonds. The van der Waals surface area contributed by atoms with Crippen molar-refractivity contribution >= 4 is 5.91 Å². The largest absolute Gasteiger partial charge is 0.356 e. The van der Waals surface area contributed by atoms with Gasteiger partial charge in [-0.25, -0.2) is 0 Å². The van der Waals surface area contributed by atoms with Crippen LogP contribution in [0.4, 0.5) is 0 Å². The van der Waals surface area contributed by atoms with Gasteiger partial charge in [-0.15, -0.1) is 0 Å². The van der Waals surface area contributed by atoms with Gasteiger partial charge in [0.25, 0.3) is 0 Å². The maximum atomic E-state index is 11.8. The van der Waals surface area contributed by atoms with Crippen molar-refractivity contribution in [3.63, 3.8) is 0 Å². The summed E-state index contributed by atoms with van der Waals surface area (Å²) in [7, 11) is 0. The molecule has 1 atom stereocenters. The molecule has 1 N–H and O–H groups in total. The molecule has 0 aromatic heterocycles. The number of nitroso groups, excluding NO2 is 1. The molecule has 0 radical (unpaired) electrons. The average Bonchev–Trinajstić information content (AvgIpc) is 2.32. The van der Waals surface area contributed by atoms with Gasteiger partial charge in [0.1, 0.15) is 0 Å². The summed E-state index contributed by atoms with van der Waals surface area (Å²) >= 11 is 0. The number of carbonyl (C=O) groups is 1. The quantitative estimate of drug-likeness (QED) is 0.483. The Morgan fingerprint density at radius 2 is 1.84 bits per heavy atom. The molecule has 0 heterocycles. The molecule has 0 aliphatic rings. The molecule has 0 spiro atoms. The minimum atomic E-state index is 0.0364. The van der Waals surface area contributed by atoms with E-state index in [1.165, 1.54) is 6.42 Å². The van der Waals surface area contributed by atoms with E-state index in [1.54, 1.807) is 0 Å². The maximum Gasteiger partial charge on any atom is 0.222 e. The molecule has 0 saturated heterocycles. The van der Waals surface area contributed by atoms with E-state index in [2.05, 4.69) is 31.3 Å². The summed E-state index contributed by atoms with van der Waals surface area (Å²) in [6, 6.07) is 0. The van der Waals surface area contributed by atoms with Crippen molar-refractivity contribution in [3.05, 3.63) is 4.91 Å². The lowest BCUT2D eigenvalue weighted by molar-refractivity contribution is -0.124. The third kappa shape index (κ3) is 11.9. The number of hydrogen-bond donors (Lipinski definition) is 1. The second-order valence-electron chi connectivity index (χ2n) is 6.56. The second kappa shape index (κ2) is 9.93. The van der Waals surface area contributed by atoms with E-state index < -0.39 is 0 Å². The summed E-state index contributed by atoms with van der Waals surface area (Å²) in [6.45, 7) is 9.79. The first-order valence-corrected chi connectivity index (χ1v) is 7.43. The maximum absolute atomic E-state index is 11.8. The normalized spacial score (nSPS) is 13.1. The van der Waals surface area contributed by atoms with E-state index >= 15 is 0 Å². The zero-order valence-corrected chi connectivity index (χ0v) is 13.0. The highest BCUT2D eigenvalue weighted by Crippen LogP contribution is 2.21. The van der Waals surface area contributed by atoms with Crippen LogP contribution in [0.15, 0.2) is 5.18 Å². The average molecular weight is 270 g/mol. The predicted octanol–water partition coefficient (Wildman–Crippen LogP) is 3.89. The molecule has 0 fully saturated rings. The van der Waals surface area contributed by atoms with Crippen LogP contribution in [0, 0.1) is 16.2 Å². The Hall–Kier alpha value is -0.930. The molecule has 0 bridgehead atoms. The summed E-state index contributed by atoms with van der Waals surface area (Å²) < 4.78 is 0. The summed E-state index contributed by atoms with van der Waals surface area (Å²) in [4.78, 5) is 21.7. The molecule has 0 aliphatic heterocycles. The first-order valence-electron chi connectivity index (χ1n) is 7.43. The molecule has 0 rings (SSSR count). The van der Waals surface area contributed by atoms with Crippen molar-refractivity contribution in [2.45, 2.75) is 66.2 Å². The molecule has 112 valence electrons. The summed E-state index contributed by atoms with van der Waals surface area (Å²) in [6.07, 6.45) is 5.91. The molecular weight excluding hydrogens is 240 g/mol. The van der Waals surface area contributed by atoms with Gasteiger partial charge in [0, 0.05) is 12.5 Å². The zero-order valence-electron chi connectivity index (χ0n) is 13.0. The van der Waals surface area contributed by atoms with Crippen molar-refractivity contribution in [1.82, 2.24) is 5.32 Å². The van der Waals surface area contributed by atoms with Crippen LogP contribution in [0.5, 0.6) is 0 Å². The Labute approximate surface area is 117 Å². The highest BCUT2D eigenvalue weighted by molar-refractivity contribution is 5.78. The molecule has 0 aromatic carbocycles. The van der Waals surface area contributed by atoms with Gasteiger partial charge >= 0.3 is 0 Å². The fourth-order valence-corrected chi connectivity index (χ4v) is 1.92. The van der Waals surface area contributed by atoms with Gasteiger partial charge in [0.05, 0.1) is 6.54 Å². The van der Waals surface area contributed by atoms with Gasteiger partial charge in [-0.1, -0.05) is 45.7 Å². The molecule has 0 aliphatic carbocycles. The number of nitrogens with one attached hydrogen (secondary N) is 1. The Bertz CT molecular complexity index is 259. The van der Waals surface area contributed by atoms with Crippen molar-refractivity contribution < 1.29 is 4.79 Å². The van der Waals surface area contributed by atoms with Crippen molar-refractivity contribution in [3.8, 4) is 0 Å². The van der Waals surface area contributed by atoms with Crippen LogP contribution in [0.1, 0.15) is 66.2 Å². The van der Waals surface area contributed by atoms with Crippen LogP contribution in [0.2, 0.25) is 0 Å². The van der Waals surface area contributed by atoms with E-state index in [0.29, 0.717) is 12.0 Å². The van der Waals surface area contributed by atoms with Gasteiger partial charge in [-0.05, 0) is 31.1 Å². The van der Waals surface area contributed by atoms with Crippen molar-refractivity contribution in [1.29, 1.82) is 0 Å². The van der Waals surface area contributed by atoms with Gasteiger partial charge in [0.2, 0.25) is 5.91 Å². The highest BCUT2D eigenvalue weighted by atomic mass is 16.3. The lowest BCUT2D eigenvalue weighted by atomic mass is 9.90. The predicted molar refractivity (Wildman–Crippen MR) is 80.0 cm³/mol. The van der Waals surface area contributed by atoms with Crippen molar-refractivity contribution in [2.75, 3.05) is 13.1 Å². The highest BCUT2D eigenvalue weighted by Gasteiger charge is 2.12. The number of carbonyl (C=O) groups excluding carboxylic acids is 1. The van der Waals surface area contributed by atoms with E-state index in [9.17, 15) is 9.70 Å². The standard InChI is InChI=1S/C15H30N2O2/c1-13(9-5-7-12-17-19)14(18)16-11-8-6-10-15(2,3)4/h13H,5-12H2,1-4H3,(H,16,18)/t13-/m1/s1. The first kappa shape index (κ1) is 18.1. The van der Waals surface area contributed by atoms with E-state index in [4.69, 9.17) is 0 Å². The fraction of sp³-hybridized carbons (Fsp3) is 0.933. The van der Waals surface area contributed by atoms with E-state index in [0.717, 1.165) is 38.6 Å². The van der Waals surface area contributed by atoms with Crippen LogP contribution in [-0.2, 0) is 4.79 Å². The monoisotopic (exact) mass is 270 g/mol. The lowest BCUT2D eigenvalue weighted by Gasteiger charge is -2.18. The van der Waals surface area contributed by atoms with Crippen LogP contribution >= 0.6 is 0 Å². The van der Waals surface area contributed by atoms with E-state index in [1.807, 2.05) is 6.92 Å². The number of amides is 1. The summed E-state index contributed by atoms with van der Waals surface area (Å²) in [5, 5.41) is 5.80. The SMILES string of the molecule is C[C@H](CCCCN=O)C(=O)NCCCCC(C)(C)C. The number of rotatable bonds is 10. The Morgan fingerprint density at radius 3 is 2.42 bits per heavy atom. The fourth-order valence-electron chi connectivity index (χ4n) is 1.92. The molecule has 0 aromatic rings. The van der Waals surface area contributed by atoms with Gasteiger partial charge in [-0.2, -0.15) is 4.91 Å². The number of unbranched alkanes of at least 4 members (excludes halogenated alkanes) is 2. The first-order chi connectivity index (χ1) is 8.87. The topological polar surface area (TPSA) is 58.5 Å².